The van der Waals surface area contributed by atoms with Crippen LogP contribution in [0.4, 0.5) is 0 Å². The van der Waals surface area contributed by atoms with Gasteiger partial charge in [-0.05, 0) is 25.5 Å². The molecule has 2 aliphatic heterocycles. The molecule has 2 N–H and O–H groups in total. The normalized spacial score (nSPS) is 25.3. The van der Waals surface area contributed by atoms with E-state index >= 15 is 0 Å². The first-order valence-electron chi connectivity index (χ1n) is 7.88. The lowest BCUT2D eigenvalue weighted by Gasteiger charge is -2.35. The van der Waals surface area contributed by atoms with E-state index in [1.54, 1.807) is 0 Å². The van der Waals surface area contributed by atoms with E-state index in [0.717, 1.165) is 30.6 Å². The first-order chi connectivity index (χ1) is 10.8. The number of nitrogens with zero attached hydrogens (tertiary/aromatic N) is 2. The predicted molar refractivity (Wildman–Crippen MR) is 82.8 cm³/mol. The highest BCUT2D eigenvalue weighted by Crippen LogP contribution is 2.22. The van der Waals surface area contributed by atoms with Gasteiger partial charge in [-0.3, -0.25) is 14.8 Å². The van der Waals surface area contributed by atoms with E-state index in [1.807, 2.05) is 24.3 Å². The van der Waals surface area contributed by atoms with Gasteiger partial charge >= 0.3 is 0 Å². The number of rotatable bonds is 3. The molecule has 4 rings (SSSR count). The van der Waals surface area contributed by atoms with Crippen LogP contribution in [0.2, 0.25) is 0 Å². The Bertz CT molecular complexity index is 684. The van der Waals surface area contributed by atoms with Crippen LogP contribution in [0, 0.1) is 0 Å². The molecule has 116 valence electrons. The molecule has 6 nitrogen and oxygen atoms in total. The maximum Gasteiger partial charge on any atom is 0.272 e. The highest BCUT2D eigenvalue weighted by molar-refractivity contribution is 6.04. The molecule has 2 aliphatic rings. The molecule has 2 aromatic rings. The highest BCUT2D eigenvalue weighted by Gasteiger charge is 2.32. The van der Waals surface area contributed by atoms with Crippen molar-refractivity contribution in [1.82, 2.24) is 20.4 Å². The number of aromatic amines is 1. The molecule has 0 bridgehead atoms. The summed E-state index contributed by atoms with van der Waals surface area (Å²) in [6.45, 7) is 3.38. The summed E-state index contributed by atoms with van der Waals surface area (Å²) in [5.41, 5.74) is 1.33. The molecular weight excluding hydrogens is 280 g/mol. The molecule has 0 radical (unpaired) electrons. The number of morpholine rings is 1. The number of ether oxygens (including phenoxy) is 1. The summed E-state index contributed by atoms with van der Waals surface area (Å²) >= 11 is 0. The fraction of sp³-hybridized carbons (Fsp3) is 0.500. The van der Waals surface area contributed by atoms with Gasteiger partial charge in [0.25, 0.3) is 5.91 Å². The van der Waals surface area contributed by atoms with Gasteiger partial charge in [-0.15, -0.1) is 0 Å². The summed E-state index contributed by atoms with van der Waals surface area (Å²) in [5, 5.41) is 10.8. The highest BCUT2D eigenvalue weighted by atomic mass is 16.5. The number of hydrogen-bond donors (Lipinski definition) is 2. The van der Waals surface area contributed by atoms with Crippen LogP contribution in [-0.2, 0) is 4.74 Å². The number of amides is 1. The van der Waals surface area contributed by atoms with Gasteiger partial charge in [-0.1, -0.05) is 18.2 Å². The van der Waals surface area contributed by atoms with Gasteiger partial charge in [0.2, 0.25) is 0 Å². The Kier molecular flexibility index (Phi) is 3.56. The maximum absolute atomic E-state index is 12.3. The molecule has 0 saturated carbocycles. The molecule has 22 heavy (non-hydrogen) atoms. The Labute approximate surface area is 128 Å². The molecule has 2 saturated heterocycles. The minimum atomic E-state index is -0.149. The number of carbonyl (C=O) groups excluding carboxylic acids is 1. The summed E-state index contributed by atoms with van der Waals surface area (Å²) in [6, 6.07) is 8.23. The number of benzene rings is 1. The molecule has 1 amide bonds. The predicted octanol–water partition coefficient (Wildman–Crippen LogP) is 1.16. The van der Waals surface area contributed by atoms with E-state index in [1.165, 1.54) is 12.8 Å². The summed E-state index contributed by atoms with van der Waals surface area (Å²) < 4.78 is 5.86. The molecule has 2 unspecified atom stereocenters. The van der Waals surface area contributed by atoms with Crippen LogP contribution in [0.3, 0.4) is 0 Å². The van der Waals surface area contributed by atoms with Crippen molar-refractivity contribution < 1.29 is 9.53 Å². The van der Waals surface area contributed by atoms with Crippen molar-refractivity contribution >= 4 is 16.8 Å². The van der Waals surface area contributed by atoms with Crippen molar-refractivity contribution in [3.8, 4) is 0 Å². The smallest absolute Gasteiger partial charge is 0.272 e. The lowest BCUT2D eigenvalue weighted by Crippen LogP contribution is -2.50. The van der Waals surface area contributed by atoms with E-state index in [0.29, 0.717) is 18.3 Å². The minimum absolute atomic E-state index is 0.0727. The van der Waals surface area contributed by atoms with Crippen LogP contribution >= 0.6 is 0 Å². The Morgan fingerprint density at radius 3 is 3.32 bits per heavy atom. The topological polar surface area (TPSA) is 70.2 Å². The third-order valence-electron chi connectivity index (χ3n) is 4.64. The SMILES string of the molecule is O=C(NCC1CN2CCCC2CO1)c1n[nH]c2ccccc12. The van der Waals surface area contributed by atoms with Gasteiger partial charge in [0.1, 0.15) is 0 Å². The summed E-state index contributed by atoms with van der Waals surface area (Å²) in [6.07, 6.45) is 2.56. The van der Waals surface area contributed by atoms with Crippen molar-refractivity contribution in [3.05, 3.63) is 30.0 Å². The number of H-pyrrole nitrogens is 1. The van der Waals surface area contributed by atoms with Gasteiger partial charge in [0.05, 0.1) is 18.2 Å². The number of carbonyl (C=O) groups is 1. The molecule has 1 aromatic heterocycles. The van der Waals surface area contributed by atoms with Crippen LogP contribution in [0.5, 0.6) is 0 Å². The average molecular weight is 300 g/mol. The number of hydrogen-bond acceptors (Lipinski definition) is 4. The van der Waals surface area contributed by atoms with Gasteiger partial charge in [-0.2, -0.15) is 5.10 Å². The quantitative estimate of drug-likeness (QED) is 0.892. The molecule has 3 heterocycles. The second kappa shape index (κ2) is 5.70. The molecule has 0 spiro atoms. The van der Waals surface area contributed by atoms with Crippen LogP contribution in [0.1, 0.15) is 23.3 Å². The number of nitrogens with one attached hydrogen (secondary N) is 2. The van der Waals surface area contributed by atoms with E-state index < -0.39 is 0 Å². The summed E-state index contributed by atoms with van der Waals surface area (Å²) in [5.74, 6) is -0.149. The van der Waals surface area contributed by atoms with Crippen molar-refractivity contribution in [1.29, 1.82) is 0 Å². The number of fused-ring (bicyclic) bond motifs is 2. The van der Waals surface area contributed by atoms with Gasteiger partial charge in [0, 0.05) is 24.5 Å². The lowest BCUT2D eigenvalue weighted by atomic mass is 10.2. The Balaban J connectivity index is 1.38. The number of para-hydroxylation sites is 1. The van der Waals surface area contributed by atoms with Gasteiger partial charge in [0.15, 0.2) is 5.69 Å². The van der Waals surface area contributed by atoms with Crippen molar-refractivity contribution in [2.75, 3.05) is 26.2 Å². The van der Waals surface area contributed by atoms with E-state index in [4.69, 9.17) is 4.74 Å². The molecule has 6 heteroatoms. The van der Waals surface area contributed by atoms with Gasteiger partial charge < -0.3 is 10.1 Å². The molecule has 2 atom stereocenters. The minimum Gasteiger partial charge on any atom is -0.373 e. The molecule has 0 aliphatic carbocycles. The van der Waals surface area contributed by atoms with Gasteiger partial charge in [-0.25, -0.2) is 0 Å². The zero-order chi connectivity index (χ0) is 14.9. The van der Waals surface area contributed by atoms with Crippen molar-refractivity contribution in [2.24, 2.45) is 0 Å². The summed E-state index contributed by atoms with van der Waals surface area (Å²) in [7, 11) is 0. The second-order valence-electron chi connectivity index (χ2n) is 6.07. The standard InChI is InChI=1S/C16H20N4O2/c21-16(15-13-5-1-2-6-14(13)18-19-15)17-8-12-9-20-7-3-4-11(20)10-22-12/h1-2,5-6,11-12H,3-4,7-10H2,(H,17,21)(H,18,19). The van der Waals surface area contributed by atoms with Crippen molar-refractivity contribution in [3.63, 3.8) is 0 Å². The molecule has 2 fully saturated rings. The average Bonchev–Trinajstić information content (AvgIpc) is 3.18. The Morgan fingerprint density at radius 2 is 2.36 bits per heavy atom. The Hall–Kier alpha value is -1.92. The van der Waals surface area contributed by atoms with E-state index in [-0.39, 0.29) is 12.0 Å². The molecular formula is C16H20N4O2. The fourth-order valence-corrected chi connectivity index (χ4v) is 3.44. The van der Waals surface area contributed by atoms with Crippen LogP contribution in [0.15, 0.2) is 24.3 Å². The zero-order valence-electron chi connectivity index (χ0n) is 12.4. The monoisotopic (exact) mass is 300 g/mol. The van der Waals surface area contributed by atoms with E-state index in [9.17, 15) is 4.79 Å². The first kappa shape index (κ1) is 13.7. The van der Waals surface area contributed by atoms with Crippen LogP contribution < -0.4 is 5.32 Å². The lowest BCUT2D eigenvalue weighted by molar-refractivity contribution is -0.0462. The zero-order valence-corrected chi connectivity index (χ0v) is 12.4. The summed E-state index contributed by atoms with van der Waals surface area (Å²) in [4.78, 5) is 14.8. The number of aromatic nitrogens is 2. The van der Waals surface area contributed by atoms with Crippen LogP contribution in [-0.4, -0.2) is 59.4 Å². The Morgan fingerprint density at radius 1 is 1.45 bits per heavy atom. The molecule has 1 aromatic carbocycles. The largest absolute Gasteiger partial charge is 0.373 e. The van der Waals surface area contributed by atoms with Crippen LogP contribution in [0.25, 0.3) is 10.9 Å². The van der Waals surface area contributed by atoms with E-state index in [2.05, 4.69) is 20.4 Å². The second-order valence-corrected chi connectivity index (χ2v) is 6.07. The van der Waals surface area contributed by atoms with Crippen molar-refractivity contribution in [2.45, 2.75) is 25.0 Å². The third-order valence-corrected chi connectivity index (χ3v) is 4.64. The third kappa shape index (κ3) is 2.48. The maximum atomic E-state index is 12.3. The fourth-order valence-electron chi connectivity index (χ4n) is 3.44. The first-order valence-corrected chi connectivity index (χ1v) is 7.88.